The first-order valence-electron chi connectivity index (χ1n) is 7.02. The minimum absolute atomic E-state index is 0.0905. The van der Waals surface area contributed by atoms with Crippen molar-refractivity contribution >= 4 is 17.3 Å². The molecule has 4 N–H and O–H groups in total. The van der Waals surface area contributed by atoms with Gasteiger partial charge >= 0.3 is 0 Å². The highest BCUT2D eigenvalue weighted by molar-refractivity contribution is 5.93. The van der Waals surface area contributed by atoms with Gasteiger partial charge in [-0.2, -0.15) is 0 Å². The molecule has 0 aromatic heterocycles. The van der Waals surface area contributed by atoms with Gasteiger partial charge in [-0.05, 0) is 42.2 Å². The quantitative estimate of drug-likeness (QED) is 0.713. The summed E-state index contributed by atoms with van der Waals surface area (Å²) in [6, 6.07) is 15.0. The first kappa shape index (κ1) is 15.1. The molecule has 0 aliphatic carbocycles. The number of para-hydroxylation sites is 1. The molecule has 2 aromatic carbocycles. The number of aliphatic hydroxyl groups excluding tert-OH is 1. The largest absolute Gasteiger partial charge is 0.398 e. The molecule has 2 rings (SSSR count). The molecule has 0 spiro atoms. The van der Waals surface area contributed by atoms with E-state index in [1.807, 2.05) is 42.5 Å². The Morgan fingerprint density at radius 2 is 1.95 bits per heavy atom. The summed E-state index contributed by atoms with van der Waals surface area (Å²) < 4.78 is 0. The van der Waals surface area contributed by atoms with E-state index < -0.39 is 0 Å². The monoisotopic (exact) mass is 284 g/mol. The van der Waals surface area contributed by atoms with Gasteiger partial charge in [-0.3, -0.25) is 4.79 Å². The summed E-state index contributed by atoms with van der Waals surface area (Å²) in [6.07, 6.45) is 1.78. The predicted molar refractivity (Wildman–Crippen MR) is 85.0 cm³/mol. The summed E-state index contributed by atoms with van der Waals surface area (Å²) in [7, 11) is 0. The van der Waals surface area contributed by atoms with Gasteiger partial charge in [0.25, 0.3) is 0 Å². The van der Waals surface area contributed by atoms with Crippen LogP contribution < -0.4 is 11.1 Å². The fourth-order valence-electron chi connectivity index (χ4n) is 2.16. The van der Waals surface area contributed by atoms with Crippen LogP contribution in [-0.2, 0) is 17.6 Å². The lowest BCUT2D eigenvalue weighted by atomic mass is 10.1. The molecule has 0 fully saturated rings. The first-order valence-corrected chi connectivity index (χ1v) is 7.02. The number of nitrogens with one attached hydrogen (secondary N) is 1. The zero-order valence-electron chi connectivity index (χ0n) is 11.9. The molecule has 21 heavy (non-hydrogen) atoms. The Morgan fingerprint density at radius 1 is 1.14 bits per heavy atom. The summed E-state index contributed by atoms with van der Waals surface area (Å²) in [6.45, 7) is 0.171. The SMILES string of the molecule is Nc1ccccc1CC(=O)Nc1cccc(CCCO)c1. The number of hydrogen-bond acceptors (Lipinski definition) is 3. The second-order valence-corrected chi connectivity index (χ2v) is 4.95. The summed E-state index contributed by atoms with van der Waals surface area (Å²) in [5.74, 6) is -0.0905. The Kier molecular flexibility index (Phi) is 5.35. The average Bonchev–Trinajstić information content (AvgIpc) is 2.48. The van der Waals surface area contributed by atoms with Gasteiger partial charge in [0.15, 0.2) is 0 Å². The molecule has 0 atom stereocenters. The van der Waals surface area contributed by atoms with E-state index in [9.17, 15) is 4.79 Å². The third-order valence-electron chi connectivity index (χ3n) is 3.24. The maximum Gasteiger partial charge on any atom is 0.228 e. The number of nitrogen functional groups attached to an aromatic ring is 1. The second-order valence-electron chi connectivity index (χ2n) is 4.95. The van der Waals surface area contributed by atoms with Gasteiger partial charge in [-0.25, -0.2) is 0 Å². The van der Waals surface area contributed by atoms with Crippen LogP contribution in [-0.4, -0.2) is 17.6 Å². The van der Waals surface area contributed by atoms with Crippen LogP contribution in [0.4, 0.5) is 11.4 Å². The Hall–Kier alpha value is -2.33. The van der Waals surface area contributed by atoms with Crippen molar-refractivity contribution in [3.63, 3.8) is 0 Å². The van der Waals surface area contributed by atoms with Crippen molar-refractivity contribution in [3.8, 4) is 0 Å². The van der Waals surface area contributed by atoms with Crippen molar-refractivity contribution < 1.29 is 9.90 Å². The number of anilines is 2. The minimum atomic E-state index is -0.0905. The number of amides is 1. The van der Waals surface area contributed by atoms with E-state index >= 15 is 0 Å². The van der Waals surface area contributed by atoms with Crippen molar-refractivity contribution in [3.05, 3.63) is 59.7 Å². The average molecular weight is 284 g/mol. The smallest absolute Gasteiger partial charge is 0.228 e. The number of rotatable bonds is 6. The van der Waals surface area contributed by atoms with Gasteiger partial charge in [0.05, 0.1) is 6.42 Å². The number of aryl methyl sites for hydroxylation is 1. The van der Waals surface area contributed by atoms with Gasteiger partial charge in [0.1, 0.15) is 0 Å². The third kappa shape index (κ3) is 4.61. The van der Waals surface area contributed by atoms with Gasteiger partial charge in [0.2, 0.25) is 5.91 Å². The predicted octanol–water partition coefficient (Wildman–Crippen LogP) is 2.37. The number of carbonyl (C=O) groups excluding carboxylic acids is 1. The zero-order chi connectivity index (χ0) is 15.1. The second kappa shape index (κ2) is 7.45. The van der Waals surface area contributed by atoms with E-state index in [0.29, 0.717) is 5.69 Å². The number of nitrogens with two attached hydrogens (primary N) is 1. The number of carbonyl (C=O) groups is 1. The minimum Gasteiger partial charge on any atom is -0.398 e. The molecule has 0 aliphatic heterocycles. The summed E-state index contributed by atoms with van der Waals surface area (Å²) in [4.78, 5) is 12.1. The highest BCUT2D eigenvalue weighted by Gasteiger charge is 2.06. The molecular weight excluding hydrogens is 264 g/mol. The summed E-state index contributed by atoms with van der Waals surface area (Å²) in [5, 5.41) is 11.7. The van der Waals surface area contributed by atoms with Crippen molar-refractivity contribution in [2.75, 3.05) is 17.7 Å². The maximum absolute atomic E-state index is 12.1. The van der Waals surface area contributed by atoms with Gasteiger partial charge in [-0.1, -0.05) is 30.3 Å². The Bertz CT molecular complexity index is 611. The number of hydrogen-bond donors (Lipinski definition) is 3. The fourth-order valence-corrected chi connectivity index (χ4v) is 2.16. The fraction of sp³-hybridized carbons (Fsp3) is 0.235. The number of benzene rings is 2. The van der Waals surface area contributed by atoms with Crippen LogP contribution in [0, 0.1) is 0 Å². The van der Waals surface area contributed by atoms with Crippen LogP contribution in [0.15, 0.2) is 48.5 Å². The molecule has 0 saturated carbocycles. The van der Waals surface area contributed by atoms with E-state index in [1.165, 1.54) is 0 Å². The molecule has 0 heterocycles. The molecule has 0 radical (unpaired) electrons. The Balaban J connectivity index is 1.98. The molecule has 2 aromatic rings. The summed E-state index contributed by atoms with van der Waals surface area (Å²) >= 11 is 0. The molecule has 110 valence electrons. The Morgan fingerprint density at radius 3 is 2.71 bits per heavy atom. The van der Waals surface area contributed by atoms with E-state index in [-0.39, 0.29) is 18.9 Å². The van der Waals surface area contributed by atoms with Gasteiger partial charge < -0.3 is 16.2 Å². The van der Waals surface area contributed by atoms with Gasteiger partial charge in [0, 0.05) is 18.0 Å². The van der Waals surface area contributed by atoms with Crippen molar-refractivity contribution in [1.29, 1.82) is 0 Å². The van der Waals surface area contributed by atoms with E-state index in [4.69, 9.17) is 10.8 Å². The van der Waals surface area contributed by atoms with E-state index in [0.717, 1.165) is 29.7 Å². The lowest BCUT2D eigenvalue weighted by Gasteiger charge is -2.08. The third-order valence-corrected chi connectivity index (χ3v) is 3.24. The van der Waals surface area contributed by atoms with Crippen LogP contribution in [0.5, 0.6) is 0 Å². The summed E-state index contributed by atoms with van der Waals surface area (Å²) in [5.41, 5.74) is 9.16. The molecule has 1 amide bonds. The van der Waals surface area contributed by atoms with Crippen LogP contribution >= 0.6 is 0 Å². The lowest BCUT2D eigenvalue weighted by molar-refractivity contribution is -0.115. The molecular formula is C17H20N2O2. The normalized spacial score (nSPS) is 10.3. The highest BCUT2D eigenvalue weighted by atomic mass is 16.2. The number of aliphatic hydroxyl groups is 1. The molecule has 0 aliphatic rings. The van der Waals surface area contributed by atoms with Crippen LogP contribution in [0.1, 0.15) is 17.5 Å². The molecule has 0 bridgehead atoms. The molecule has 0 unspecified atom stereocenters. The van der Waals surface area contributed by atoms with Gasteiger partial charge in [-0.15, -0.1) is 0 Å². The maximum atomic E-state index is 12.1. The van der Waals surface area contributed by atoms with Crippen molar-refractivity contribution in [2.24, 2.45) is 0 Å². The van der Waals surface area contributed by atoms with E-state index in [1.54, 1.807) is 6.07 Å². The zero-order valence-corrected chi connectivity index (χ0v) is 11.9. The first-order chi connectivity index (χ1) is 10.2. The molecule has 4 heteroatoms. The van der Waals surface area contributed by atoms with Crippen molar-refractivity contribution in [1.82, 2.24) is 0 Å². The lowest BCUT2D eigenvalue weighted by Crippen LogP contribution is -2.15. The Labute approximate surface area is 124 Å². The van der Waals surface area contributed by atoms with Crippen molar-refractivity contribution in [2.45, 2.75) is 19.3 Å². The van der Waals surface area contributed by atoms with Crippen LogP contribution in [0.25, 0.3) is 0 Å². The standard InChI is InChI=1S/C17H20N2O2/c18-16-9-2-1-7-14(16)12-17(21)19-15-8-3-5-13(11-15)6-4-10-20/h1-3,5,7-9,11,20H,4,6,10,12,18H2,(H,19,21). The van der Waals surface area contributed by atoms with Crippen LogP contribution in [0.2, 0.25) is 0 Å². The topological polar surface area (TPSA) is 75.4 Å². The molecule has 0 saturated heterocycles. The highest BCUT2D eigenvalue weighted by Crippen LogP contribution is 2.15. The molecule has 4 nitrogen and oxygen atoms in total. The van der Waals surface area contributed by atoms with Crippen LogP contribution in [0.3, 0.4) is 0 Å². The van der Waals surface area contributed by atoms with E-state index in [2.05, 4.69) is 5.32 Å².